The summed E-state index contributed by atoms with van der Waals surface area (Å²) >= 11 is 0. The highest BCUT2D eigenvalue weighted by molar-refractivity contribution is 7.95. The maximum Gasteiger partial charge on any atom is 0.338 e. The second-order valence-corrected chi connectivity index (χ2v) is 8.99. The Balaban J connectivity index is 1.58. The number of amides is 1. The van der Waals surface area contributed by atoms with Crippen molar-refractivity contribution in [3.8, 4) is 0 Å². The number of hydrogen-bond donors (Lipinski definition) is 2. The largest absolute Gasteiger partial charge is 0.454 e. The van der Waals surface area contributed by atoms with Gasteiger partial charge >= 0.3 is 5.97 Å². The summed E-state index contributed by atoms with van der Waals surface area (Å²) in [7, 11) is -3.81. The Morgan fingerprint density at radius 3 is 2.26 bits per heavy atom. The molecule has 0 saturated heterocycles. The molecule has 0 aliphatic heterocycles. The Bertz CT molecular complexity index is 1330. The van der Waals surface area contributed by atoms with Crippen LogP contribution in [0.25, 0.3) is 6.08 Å². The summed E-state index contributed by atoms with van der Waals surface area (Å²) in [6, 6.07) is 21.0. The van der Waals surface area contributed by atoms with Crippen LogP contribution in [-0.2, 0) is 19.6 Å². The quantitative estimate of drug-likeness (QED) is 0.318. The van der Waals surface area contributed by atoms with Crippen LogP contribution in [0, 0.1) is 0 Å². The smallest absolute Gasteiger partial charge is 0.338 e. The van der Waals surface area contributed by atoms with E-state index in [1.165, 1.54) is 42.5 Å². The van der Waals surface area contributed by atoms with E-state index in [1.54, 1.807) is 43.3 Å². The monoisotopic (exact) mass is 492 g/mol. The third-order valence-electron chi connectivity index (χ3n) is 4.74. The van der Waals surface area contributed by atoms with Gasteiger partial charge in [-0.15, -0.1) is 0 Å². The van der Waals surface area contributed by atoms with Crippen LogP contribution in [-0.4, -0.2) is 32.7 Å². The Morgan fingerprint density at radius 1 is 0.857 bits per heavy atom. The topological polar surface area (TPSA) is 119 Å². The molecule has 0 saturated carbocycles. The number of anilines is 2. The van der Waals surface area contributed by atoms with Gasteiger partial charge in [0.1, 0.15) is 0 Å². The molecule has 0 bridgehead atoms. The number of carbonyl (C=O) groups is 3. The van der Waals surface area contributed by atoms with Crippen molar-refractivity contribution < 1.29 is 27.5 Å². The number of ketones is 1. The molecule has 0 spiro atoms. The maximum absolute atomic E-state index is 12.4. The molecule has 0 aliphatic carbocycles. The third-order valence-corrected chi connectivity index (χ3v) is 5.76. The fraction of sp³-hybridized carbons (Fsp3) is 0.115. The fourth-order valence-corrected chi connectivity index (χ4v) is 3.79. The van der Waals surface area contributed by atoms with Gasteiger partial charge in [-0.3, -0.25) is 14.3 Å². The number of benzene rings is 3. The average Bonchev–Trinajstić information content (AvgIpc) is 2.86. The van der Waals surface area contributed by atoms with Gasteiger partial charge in [0.05, 0.1) is 11.0 Å². The third kappa shape index (κ3) is 7.94. The highest BCUT2D eigenvalue weighted by Gasteiger charge is 2.14. The molecule has 0 heterocycles. The lowest BCUT2D eigenvalue weighted by molar-refractivity contribution is -0.115. The number of rotatable bonds is 10. The number of ether oxygens (including phenoxy) is 1. The van der Waals surface area contributed by atoms with Crippen LogP contribution in [0.5, 0.6) is 0 Å². The molecule has 0 aliphatic rings. The van der Waals surface area contributed by atoms with Crippen molar-refractivity contribution >= 4 is 45.1 Å². The van der Waals surface area contributed by atoms with Gasteiger partial charge in [0, 0.05) is 23.4 Å². The number of sulfonamides is 1. The van der Waals surface area contributed by atoms with Crippen LogP contribution in [0.1, 0.15) is 39.6 Å². The van der Waals surface area contributed by atoms with Crippen molar-refractivity contribution in [2.24, 2.45) is 0 Å². The zero-order valence-corrected chi connectivity index (χ0v) is 19.7. The molecular formula is C26H24N2O6S. The predicted molar refractivity (Wildman–Crippen MR) is 134 cm³/mol. The summed E-state index contributed by atoms with van der Waals surface area (Å²) in [5, 5.41) is 3.71. The Morgan fingerprint density at radius 2 is 1.57 bits per heavy atom. The fourth-order valence-electron chi connectivity index (χ4n) is 2.93. The van der Waals surface area contributed by atoms with Crippen molar-refractivity contribution in [3.63, 3.8) is 0 Å². The van der Waals surface area contributed by atoms with Gasteiger partial charge in [-0.2, -0.15) is 0 Å². The number of nitrogens with one attached hydrogen (secondary N) is 2. The minimum Gasteiger partial charge on any atom is -0.454 e. The van der Waals surface area contributed by atoms with Crippen molar-refractivity contribution in [2.75, 3.05) is 16.6 Å². The van der Waals surface area contributed by atoms with Crippen LogP contribution in [0.2, 0.25) is 0 Å². The second-order valence-electron chi connectivity index (χ2n) is 7.42. The van der Waals surface area contributed by atoms with Gasteiger partial charge < -0.3 is 10.1 Å². The molecule has 0 unspecified atom stereocenters. The first-order chi connectivity index (χ1) is 16.8. The average molecular weight is 493 g/mol. The summed E-state index contributed by atoms with van der Waals surface area (Å²) in [6.07, 6.45) is 1.79. The van der Waals surface area contributed by atoms with Crippen molar-refractivity contribution in [2.45, 2.75) is 13.3 Å². The van der Waals surface area contributed by atoms with Crippen LogP contribution in [0.15, 0.2) is 84.3 Å². The molecule has 8 nitrogen and oxygen atoms in total. The molecule has 35 heavy (non-hydrogen) atoms. The second kappa shape index (κ2) is 11.8. The number of esters is 1. The molecule has 0 aromatic heterocycles. The minimum atomic E-state index is -3.81. The first-order valence-electron chi connectivity index (χ1n) is 10.7. The summed E-state index contributed by atoms with van der Waals surface area (Å²) in [4.78, 5) is 36.2. The molecular weight excluding hydrogens is 468 g/mol. The van der Waals surface area contributed by atoms with Gasteiger partial charge in [0.25, 0.3) is 10.0 Å². The predicted octanol–water partition coefficient (Wildman–Crippen LogP) is 4.49. The van der Waals surface area contributed by atoms with Crippen molar-refractivity contribution in [1.29, 1.82) is 0 Å². The zero-order chi connectivity index (χ0) is 25.3. The number of hydrogen-bond acceptors (Lipinski definition) is 6. The Labute approximate surface area is 203 Å². The summed E-state index contributed by atoms with van der Waals surface area (Å²) in [6.45, 7) is 1.24. The zero-order valence-electron chi connectivity index (χ0n) is 18.9. The Kier molecular flexibility index (Phi) is 8.53. The highest BCUT2D eigenvalue weighted by Crippen LogP contribution is 2.16. The normalized spacial score (nSPS) is 11.1. The van der Waals surface area contributed by atoms with Crippen LogP contribution < -0.4 is 10.0 Å². The van der Waals surface area contributed by atoms with Gasteiger partial charge in [0.15, 0.2) is 12.4 Å². The minimum absolute atomic E-state index is 0.0858. The van der Waals surface area contributed by atoms with E-state index < -0.39 is 28.4 Å². The van der Waals surface area contributed by atoms with Crippen LogP contribution in [0.4, 0.5) is 11.4 Å². The van der Waals surface area contributed by atoms with Gasteiger partial charge in [-0.05, 0) is 54.1 Å². The first-order valence-corrected chi connectivity index (χ1v) is 12.3. The SMILES string of the molecule is CCC(=O)Nc1ccc(C(=O)COC(=O)c2cccc(NS(=O)(=O)/C=C/c3ccccc3)c2)cc1. The molecule has 1 amide bonds. The number of carbonyl (C=O) groups excluding carboxylic acids is 3. The molecule has 3 aromatic carbocycles. The van der Waals surface area contributed by atoms with E-state index in [1.807, 2.05) is 6.07 Å². The molecule has 3 aromatic rings. The van der Waals surface area contributed by atoms with Crippen molar-refractivity contribution in [3.05, 3.63) is 101 Å². The van der Waals surface area contributed by atoms with E-state index in [0.29, 0.717) is 17.7 Å². The Hall–Kier alpha value is -4.24. The van der Waals surface area contributed by atoms with Crippen molar-refractivity contribution in [1.82, 2.24) is 0 Å². The van der Waals surface area contributed by atoms with Gasteiger partial charge in [-0.25, -0.2) is 13.2 Å². The van der Waals surface area contributed by atoms with E-state index >= 15 is 0 Å². The van der Waals surface area contributed by atoms with E-state index in [9.17, 15) is 22.8 Å². The lowest BCUT2D eigenvalue weighted by atomic mass is 10.1. The highest BCUT2D eigenvalue weighted by atomic mass is 32.2. The lowest BCUT2D eigenvalue weighted by Crippen LogP contribution is -2.15. The molecule has 180 valence electrons. The van der Waals surface area contributed by atoms with Gasteiger partial charge in [-0.1, -0.05) is 43.3 Å². The standard InChI is InChI=1S/C26H24N2O6S/c1-2-25(30)27-22-13-11-20(12-14-22)24(29)18-34-26(31)21-9-6-10-23(17-21)28-35(32,33)16-15-19-7-4-3-5-8-19/h3-17,28H,2,18H2,1H3,(H,27,30)/b16-15+. The maximum atomic E-state index is 12.4. The lowest BCUT2D eigenvalue weighted by Gasteiger charge is -2.08. The van der Waals surface area contributed by atoms with E-state index in [0.717, 1.165) is 11.0 Å². The molecule has 2 N–H and O–H groups in total. The summed E-state index contributed by atoms with van der Waals surface area (Å²) in [5.41, 5.74) is 1.86. The molecule has 9 heteroatoms. The van der Waals surface area contributed by atoms with Gasteiger partial charge in [0.2, 0.25) is 5.91 Å². The summed E-state index contributed by atoms with van der Waals surface area (Å²) in [5.74, 6) is -1.34. The van der Waals surface area contributed by atoms with E-state index in [-0.39, 0.29) is 17.2 Å². The molecule has 0 atom stereocenters. The van der Waals surface area contributed by atoms with Crippen LogP contribution >= 0.6 is 0 Å². The molecule has 0 fully saturated rings. The van der Waals surface area contributed by atoms with Crippen LogP contribution in [0.3, 0.4) is 0 Å². The first kappa shape index (κ1) is 25.4. The van der Waals surface area contributed by atoms with E-state index in [2.05, 4.69) is 10.0 Å². The number of Topliss-reactive ketones (excluding diaryl/α,β-unsaturated/α-hetero) is 1. The van der Waals surface area contributed by atoms with E-state index in [4.69, 9.17) is 4.74 Å². The molecule has 0 radical (unpaired) electrons. The molecule has 3 rings (SSSR count). The summed E-state index contributed by atoms with van der Waals surface area (Å²) < 4.78 is 32.2.